The summed E-state index contributed by atoms with van der Waals surface area (Å²) >= 11 is 0. The molecule has 0 amide bonds. The maximum atomic E-state index is 9.21. The van der Waals surface area contributed by atoms with E-state index >= 15 is 0 Å². The minimum Gasteiger partial charge on any atom is -0.399 e. The predicted octanol–water partition coefficient (Wildman–Crippen LogP) is 5.83. The fraction of sp³-hybridized carbons (Fsp3) is 0.222. The Hall–Kier alpha value is -3.13. The van der Waals surface area contributed by atoms with E-state index in [0.717, 1.165) is 38.1 Å². The molecule has 0 radical (unpaired) electrons. The van der Waals surface area contributed by atoms with Crippen LogP contribution in [0.25, 0.3) is 32.7 Å². The van der Waals surface area contributed by atoms with Crippen molar-refractivity contribution in [3.63, 3.8) is 0 Å². The maximum Gasteiger partial charge on any atom is 0.496 e. The van der Waals surface area contributed by atoms with Crippen molar-refractivity contribution >= 4 is 34.1 Å². The Morgan fingerprint density at radius 2 is 1.13 bits per heavy atom. The van der Waals surface area contributed by atoms with Gasteiger partial charge in [-0.2, -0.15) is 5.26 Å². The highest BCUT2D eigenvalue weighted by molar-refractivity contribution is 6.68. The third-order valence-electron chi connectivity index (χ3n) is 6.76. The van der Waals surface area contributed by atoms with Gasteiger partial charge in [0, 0.05) is 0 Å². The van der Waals surface area contributed by atoms with Gasteiger partial charge in [-0.25, -0.2) is 0 Å². The first kappa shape index (κ1) is 19.8. The van der Waals surface area contributed by atoms with Gasteiger partial charge in [-0.1, -0.05) is 60.7 Å². The van der Waals surface area contributed by atoms with E-state index in [0.29, 0.717) is 5.56 Å². The Bertz CT molecular complexity index is 1280. The zero-order valence-corrected chi connectivity index (χ0v) is 18.3. The molecule has 0 aromatic heterocycles. The van der Waals surface area contributed by atoms with Gasteiger partial charge < -0.3 is 9.31 Å². The Kier molecular flexibility index (Phi) is 4.44. The van der Waals surface area contributed by atoms with Gasteiger partial charge in [0.25, 0.3) is 0 Å². The molecule has 5 rings (SSSR count). The summed E-state index contributed by atoms with van der Waals surface area (Å²) in [5.74, 6) is 0. The van der Waals surface area contributed by atoms with Crippen molar-refractivity contribution in [3.8, 4) is 17.2 Å². The lowest BCUT2D eigenvalue weighted by molar-refractivity contribution is 0.00578. The lowest BCUT2D eigenvalue weighted by Gasteiger charge is -2.32. The first-order chi connectivity index (χ1) is 14.8. The third kappa shape index (κ3) is 3.05. The lowest BCUT2D eigenvalue weighted by Crippen LogP contribution is -2.41. The highest BCUT2D eigenvalue weighted by Gasteiger charge is 2.52. The van der Waals surface area contributed by atoms with Gasteiger partial charge in [-0.3, -0.25) is 0 Å². The fourth-order valence-corrected chi connectivity index (χ4v) is 4.40. The predicted molar refractivity (Wildman–Crippen MR) is 127 cm³/mol. The minimum absolute atomic E-state index is 0.411. The van der Waals surface area contributed by atoms with E-state index < -0.39 is 18.3 Å². The van der Waals surface area contributed by atoms with E-state index in [-0.39, 0.29) is 0 Å². The second kappa shape index (κ2) is 6.95. The van der Waals surface area contributed by atoms with E-state index in [2.05, 4.69) is 82.3 Å². The molecular weight excluding hydrogens is 381 g/mol. The molecule has 1 saturated heterocycles. The van der Waals surface area contributed by atoms with Crippen molar-refractivity contribution in [2.24, 2.45) is 0 Å². The molecule has 152 valence electrons. The number of benzene rings is 4. The molecule has 0 aliphatic carbocycles. The van der Waals surface area contributed by atoms with E-state index in [1.807, 2.05) is 24.3 Å². The Balaban J connectivity index is 1.84. The SMILES string of the molecule is CC1(C)OB(c2c3ccccc3c(-c3ccc(C#N)cc3)c3ccccc23)OC1(C)C. The van der Waals surface area contributed by atoms with Crippen LogP contribution >= 0.6 is 0 Å². The summed E-state index contributed by atoms with van der Waals surface area (Å²) in [5.41, 5.74) is 3.16. The van der Waals surface area contributed by atoms with Crippen LogP contribution in [0.3, 0.4) is 0 Å². The molecule has 0 unspecified atom stereocenters. The number of hydrogen-bond donors (Lipinski definition) is 0. The van der Waals surface area contributed by atoms with E-state index in [9.17, 15) is 5.26 Å². The van der Waals surface area contributed by atoms with Crippen molar-refractivity contribution in [1.29, 1.82) is 5.26 Å². The summed E-state index contributed by atoms with van der Waals surface area (Å²) in [6.07, 6.45) is 0. The highest BCUT2D eigenvalue weighted by atomic mass is 16.7. The molecule has 0 atom stereocenters. The second-order valence-corrected chi connectivity index (χ2v) is 9.16. The summed E-state index contributed by atoms with van der Waals surface area (Å²) in [7, 11) is -0.449. The van der Waals surface area contributed by atoms with Crippen molar-refractivity contribution in [2.45, 2.75) is 38.9 Å². The van der Waals surface area contributed by atoms with Crippen molar-refractivity contribution in [2.75, 3.05) is 0 Å². The molecule has 1 heterocycles. The first-order valence-electron chi connectivity index (χ1n) is 10.6. The van der Waals surface area contributed by atoms with Crippen LogP contribution in [0.15, 0.2) is 72.8 Å². The van der Waals surface area contributed by atoms with E-state index in [1.165, 1.54) is 0 Å². The molecule has 1 aliphatic rings. The van der Waals surface area contributed by atoms with Gasteiger partial charge in [0.05, 0.1) is 22.8 Å². The molecule has 0 bridgehead atoms. The molecule has 1 aliphatic heterocycles. The lowest BCUT2D eigenvalue weighted by atomic mass is 9.71. The van der Waals surface area contributed by atoms with Gasteiger partial charge >= 0.3 is 7.12 Å². The van der Waals surface area contributed by atoms with Gasteiger partial charge in [0.1, 0.15) is 0 Å². The molecule has 0 N–H and O–H groups in total. The van der Waals surface area contributed by atoms with Gasteiger partial charge in [-0.05, 0) is 78.0 Å². The van der Waals surface area contributed by atoms with Crippen LogP contribution in [-0.2, 0) is 9.31 Å². The van der Waals surface area contributed by atoms with Crippen LogP contribution in [0.5, 0.6) is 0 Å². The van der Waals surface area contributed by atoms with Crippen LogP contribution in [0.4, 0.5) is 0 Å². The largest absolute Gasteiger partial charge is 0.496 e. The standard InChI is InChI=1S/C27H24BNO2/c1-26(2)27(3,4)31-28(30-26)25-22-11-7-5-9-20(22)24(21-10-6-8-12-23(21)25)19-15-13-18(17-29)14-16-19/h5-16H,1-4H3. The maximum absolute atomic E-state index is 9.21. The Morgan fingerprint density at radius 3 is 1.58 bits per heavy atom. The van der Waals surface area contributed by atoms with Crippen LogP contribution in [0.1, 0.15) is 33.3 Å². The molecule has 4 heteroatoms. The zero-order valence-electron chi connectivity index (χ0n) is 18.3. The highest BCUT2D eigenvalue weighted by Crippen LogP contribution is 2.40. The number of nitrogens with zero attached hydrogens (tertiary/aromatic N) is 1. The average Bonchev–Trinajstić information content (AvgIpc) is 2.98. The van der Waals surface area contributed by atoms with Crippen LogP contribution in [0, 0.1) is 11.3 Å². The molecule has 0 saturated carbocycles. The summed E-state index contributed by atoms with van der Waals surface area (Å²) in [5, 5.41) is 13.8. The number of rotatable bonds is 2. The topological polar surface area (TPSA) is 42.2 Å². The van der Waals surface area contributed by atoms with Crippen molar-refractivity contribution in [3.05, 3.63) is 78.4 Å². The minimum atomic E-state index is -0.449. The van der Waals surface area contributed by atoms with E-state index in [4.69, 9.17) is 9.31 Å². The quantitative estimate of drug-likeness (QED) is 0.311. The van der Waals surface area contributed by atoms with Crippen LogP contribution < -0.4 is 5.46 Å². The molecular formula is C27H24BNO2. The van der Waals surface area contributed by atoms with Gasteiger partial charge in [0.15, 0.2) is 0 Å². The monoisotopic (exact) mass is 405 g/mol. The normalized spacial score (nSPS) is 17.2. The Morgan fingerprint density at radius 1 is 0.677 bits per heavy atom. The molecule has 1 fully saturated rings. The van der Waals surface area contributed by atoms with Crippen LogP contribution in [-0.4, -0.2) is 18.3 Å². The third-order valence-corrected chi connectivity index (χ3v) is 6.76. The first-order valence-corrected chi connectivity index (χ1v) is 10.6. The summed E-state index contributed by atoms with van der Waals surface area (Å²) < 4.78 is 13.0. The van der Waals surface area contributed by atoms with Gasteiger partial charge in [-0.15, -0.1) is 0 Å². The van der Waals surface area contributed by atoms with Crippen molar-refractivity contribution < 1.29 is 9.31 Å². The molecule has 3 nitrogen and oxygen atoms in total. The van der Waals surface area contributed by atoms with Gasteiger partial charge in [0.2, 0.25) is 0 Å². The number of fused-ring (bicyclic) bond motifs is 2. The second-order valence-electron chi connectivity index (χ2n) is 9.16. The molecule has 4 aromatic carbocycles. The van der Waals surface area contributed by atoms with Crippen LogP contribution in [0.2, 0.25) is 0 Å². The molecule has 31 heavy (non-hydrogen) atoms. The summed E-state index contributed by atoms with van der Waals surface area (Å²) in [4.78, 5) is 0. The van der Waals surface area contributed by atoms with E-state index in [1.54, 1.807) is 0 Å². The zero-order chi connectivity index (χ0) is 21.8. The van der Waals surface area contributed by atoms with Crippen molar-refractivity contribution in [1.82, 2.24) is 0 Å². The smallest absolute Gasteiger partial charge is 0.399 e. The average molecular weight is 405 g/mol. The summed E-state index contributed by atoms with van der Waals surface area (Å²) in [6, 6.07) is 26.9. The molecule has 0 spiro atoms. The fourth-order valence-electron chi connectivity index (χ4n) is 4.40. The summed E-state index contributed by atoms with van der Waals surface area (Å²) in [6.45, 7) is 8.34. The number of hydrogen-bond acceptors (Lipinski definition) is 3. The molecule has 4 aromatic rings. The number of nitriles is 1. The Labute approximate surface area is 183 Å².